The van der Waals surface area contributed by atoms with Gasteiger partial charge in [0.1, 0.15) is 5.82 Å². The molecule has 1 aromatic carbocycles. The van der Waals surface area contributed by atoms with Gasteiger partial charge in [0.05, 0.1) is 10.6 Å². The predicted octanol–water partition coefficient (Wildman–Crippen LogP) is 2.53. The van der Waals surface area contributed by atoms with Crippen molar-refractivity contribution in [2.45, 2.75) is 37.5 Å². The van der Waals surface area contributed by atoms with Crippen molar-refractivity contribution in [3.05, 3.63) is 23.5 Å². The summed E-state index contributed by atoms with van der Waals surface area (Å²) in [7, 11) is -2.03. The molecule has 0 unspecified atom stereocenters. The second kappa shape index (κ2) is 5.69. The van der Waals surface area contributed by atoms with Gasteiger partial charge in [-0.25, -0.2) is 17.1 Å². The monoisotopic (exact) mass is 300 g/mol. The first-order valence-electron chi connectivity index (χ1n) is 6.84. The average Bonchev–Trinajstić information content (AvgIpc) is 2.86. The molecule has 0 atom stereocenters. The molecule has 0 aromatic heterocycles. The van der Waals surface area contributed by atoms with Crippen molar-refractivity contribution >= 4 is 15.7 Å². The first kappa shape index (κ1) is 15.3. The second-order valence-electron chi connectivity index (χ2n) is 5.58. The molecule has 0 amide bonds. The van der Waals surface area contributed by atoms with Crippen molar-refractivity contribution in [3.63, 3.8) is 0 Å². The van der Waals surface area contributed by atoms with Crippen LogP contribution in [0, 0.1) is 18.7 Å². The van der Waals surface area contributed by atoms with Crippen LogP contribution in [-0.4, -0.2) is 26.3 Å². The molecule has 0 heterocycles. The molecule has 112 valence electrons. The standard InChI is InChI=1S/C14H21FN2O2S/c1-10-7-12(15)13(16)8-14(10)20(18,19)17(2)9-11-5-3-4-6-11/h7-8,11H,3-6,9,16H2,1-2H3. The summed E-state index contributed by atoms with van der Waals surface area (Å²) in [6.07, 6.45) is 4.48. The van der Waals surface area contributed by atoms with Gasteiger partial charge in [-0.05, 0) is 43.4 Å². The van der Waals surface area contributed by atoms with Crippen molar-refractivity contribution in [2.75, 3.05) is 19.3 Å². The topological polar surface area (TPSA) is 63.4 Å². The number of halogens is 1. The number of hydrogen-bond acceptors (Lipinski definition) is 3. The maximum Gasteiger partial charge on any atom is 0.243 e. The highest BCUT2D eigenvalue weighted by atomic mass is 32.2. The van der Waals surface area contributed by atoms with Crippen LogP contribution in [0.3, 0.4) is 0 Å². The van der Waals surface area contributed by atoms with Gasteiger partial charge in [-0.2, -0.15) is 0 Å². The highest BCUT2D eigenvalue weighted by Crippen LogP contribution is 2.28. The minimum Gasteiger partial charge on any atom is -0.396 e. The van der Waals surface area contributed by atoms with E-state index in [0.717, 1.165) is 12.8 Å². The number of benzene rings is 1. The quantitative estimate of drug-likeness (QED) is 0.869. The Balaban J connectivity index is 2.27. The SMILES string of the molecule is Cc1cc(F)c(N)cc1S(=O)(=O)N(C)CC1CCCC1. The minimum atomic E-state index is -3.61. The molecule has 0 bridgehead atoms. The van der Waals surface area contributed by atoms with Gasteiger partial charge in [0.2, 0.25) is 10.0 Å². The minimum absolute atomic E-state index is 0.0943. The number of aryl methyl sites for hydroxylation is 1. The summed E-state index contributed by atoms with van der Waals surface area (Å²) in [5, 5.41) is 0. The second-order valence-corrected chi connectivity index (χ2v) is 7.59. The zero-order valence-corrected chi connectivity index (χ0v) is 12.7. The molecule has 1 saturated carbocycles. The van der Waals surface area contributed by atoms with Crippen molar-refractivity contribution < 1.29 is 12.8 Å². The van der Waals surface area contributed by atoms with Gasteiger partial charge >= 0.3 is 0 Å². The van der Waals surface area contributed by atoms with Gasteiger partial charge in [0.15, 0.2) is 0 Å². The Morgan fingerprint density at radius 1 is 1.35 bits per heavy atom. The fourth-order valence-corrected chi connectivity index (χ4v) is 4.25. The van der Waals surface area contributed by atoms with E-state index in [2.05, 4.69) is 0 Å². The molecule has 0 saturated heterocycles. The van der Waals surface area contributed by atoms with Crippen LogP contribution in [0.4, 0.5) is 10.1 Å². The Morgan fingerprint density at radius 2 is 1.95 bits per heavy atom. The largest absolute Gasteiger partial charge is 0.396 e. The fraction of sp³-hybridized carbons (Fsp3) is 0.571. The molecule has 2 N–H and O–H groups in total. The fourth-order valence-electron chi connectivity index (χ4n) is 2.77. The number of hydrogen-bond donors (Lipinski definition) is 1. The first-order chi connectivity index (χ1) is 9.32. The summed E-state index contributed by atoms with van der Waals surface area (Å²) in [4.78, 5) is 0.0943. The third-order valence-corrected chi connectivity index (χ3v) is 5.94. The van der Waals surface area contributed by atoms with Crippen molar-refractivity contribution in [2.24, 2.45) is 5.92 Å². The highest BCUT2D eigenvalue weighted by molar-refractivity contribution is 7.89. The summed E-state index contributed by atoms with van der Waals surface area (Å²) in [6, 6.07) is 2.39. The number of anilines is 1. The van der Waals surface area contributed by atoms with E-state index in [0.29, 0.717) is 18.0 Å². The number of nitrogen functional groups attached to an aromatic ring is 1. The van der Waals surface area contributed by atoms with Crippen LogP contribution < -0.4 is 5.73 Å². The average molecular weight is 300 g/mol. The zero-order chi connectivity index (χ0) is 14.9. The van der Waals surface area contributed by atoms with Crippen LogP contribution in [0.5, 0.6) is 0 Å². The van der Waals surface area contributed by atoms with Crippen molar-refractivity contribution in [3.8, 4) is 0 Å². The van der Waals surface area contributed by atoms with E-state index in [1.54, 1.807) is 14.0 Å². The summed E-state index contributed by atoms with van der Waals surface area (Å²) in [6.45, 7) is 2.10. The molecule has 1 aliphatic carbocycles. The molecule has 20 heavy (non-hydrogen) atoms. The maximum atomic E-state index is 13.3. The highest BCUT2D eigenvalue weighted by Gasteiger charge is 2.27. The Hall–Kier alpha value is -1.14. The number of nitrogens with two attached hydrogens (primary N) is 1. The molecular formula is C14H21FN2O2S. The van der Waals surface area contributed by atoms with Crippen molar-refractivity contribution in [1.29, 1.82) is 0 Å². The lowest BCUT2D eigenvalue weighted by Gasteiger charge is -2.22. The van der Waals surface area contributed by atoms with Crippen LogP contribution in [0.2, 0.25) is 0 Å². The van der Waals surface area contributed by atoms with Crippen LogP contribution in [0.25, 0.3) is 0 Å². The molecular weight excluding hydrogens is 279 g/mol. The van der Waals surface area contributed by atoms with E-state index in [1.807, 2.05) is 0 Å². The van der Waals surface area contributed by atoms with Gasteiger partial charge < -0.3 is 5.73 Å². The van der Waals surface area contributed by atoms with Gasteiger partial charge in [0.25, 0.3) is 0 Å². The van der Waals surface area contributed by atoms with Crippen LogP contribution >= 0.6 is 0 Å². The van der Waals surface area contributed by atoms with Gasteiger partial charge in [0, 0.05) is 13.6 Å². The Bertz CT molecular complexity index is 595. The molecule has 0 aliphatic heterocycles. The van der Waals surface area contributed by atoms with E-state index in [4.69, 9.17) is 5.73 Å². The van der Waals surface area contributed by atoms with E-state index in [-0.39, 0.29) is 10.6 Å². The molecule has 1 fully saturated rings. The number of sulfonamides is 1. The Kier molecular flexibility index (Phi) is 4.34. The van der Waals surface area contributed by atoms with E-state index < -0.39 is 15.8 Å². The molecule has 2 rings (SSSR count). The van der Waals surface area contributed by atoms with E-state index >= 15 is 0 Å². The number of nitrogens with zero attached hydrogens (tertiary/aromatic N) is 1. The zero-order valence-electron chi connectivity index (χ0n) is 11.9. The van der Waals surface area contributed by atoms with E-state index in [1.165, 1.54) is 29.3 Å². The third kappa shape index (κ3) is 2.96. The summed E-state index contributed by atoms with van der Waals surface area (Å²) in [5.41, 5.74) is 5.74. The third-order valence-electron chi connectivity index (χ3n) is 3.97. The van der Waals surface area contributed by atoms with Crippen molar-refractivity contribution in [1.82, 2.24) is 4.31 Å². The summed E-state index contributed by atoms with van der Waals surface area (Å²) < 4.78 is 39.8. The summed E-state index contributed by atoms with van der Waals surface area (Å²) in [5.74, 6) is -0.159. The molecule has 1 aromatic rings. The van der Waals surface area contributed by atoms with Gasteiger partial charge in [-0.15, -0.1) is 0 Å². The van der Waals surface area contributed by atoms with Crippen LogP contribution in [0.15, 0.2) is 17.0 Å². The van der Waals surface area contributed by atoms with E-state index in [9.17, 15) is 12.8 Å². The predicted molar refractivity (Wildman–Crippen MR) is 77.3 cm³/mol. The Morgan fingerprint density at radius 3 is 2.55 bits per heavy atom. The lowest BCUT2D eigenvalue weighted by molar-refractivity contribution is 0.387. The molecule has 1 aliphatic rings. The summed E-state index contributed by atoms with van der Waals surface area (Å²) >= 11 is 0. The van der Waals surface area contributed by atoms with Gasteiger partial charge in [-0.1, -0.05) is 12.8 Å². The van der Waals surface area contributed by atoms with Crippen LogP contribution in [-0.2, 0) is 10.0 Å². The maximum absolute atomic E-state index is 13.3. The lowest BCUT2D eigenvalue weighted by Crippen LogP contribution is -2.31. The smallest absolute Gasteiger partial charge is 0.243 e. The van der Waals surface area contributed by atoms with Gasteiger partial charge in [-0.3, -0.25) is 0 Å². The molecule has 0 spiro atoms. The molecule has 6 heteroatoms. The lowest BCUT2D eigenvalue weighted by atomic mass is 10.1. The number of rotatable bonds is 4. The Labute approximate surface area is 119 Å². The first-order valence-corrected chi connectivity index (χ1v) is 8.28. The molecule has 4 nitrogen and oxygen atoms in total. The molecule has 0 radical (unpaired) electrons. The normalized spacial score (nSPS) is 17.0. The van der Waals surface area contributed by atoms with Crippen LogP contribution in [0.1, 0.15) is 31.2 Å².